The van der Waals surface area contributed by atoms with Crippen LogP contribution in [0.2, 0.25) is 5.02 Å². The number of benzene rings is 2. The van der Waals surface area contributed by atoms with Gasteiger partial charge in [0.1, 0.15) is 0 Å². The van der Waals surface area contributed by atoms with Crippen LogP contribution in [-0.2, 0) is 6.54 Å². The summed E-state index contributed by atoms with van der Waals surface area (Å²) in [6.07, 6.45) is 5.68. The molecule has 3 heteroatoms. The van der Waals surface area contributed by atoms with Crippen LogP contribution >= 0.6 is 11.6 Å². The molecule has 2 aromatic carbocycles. The summed E-state index contributed by atoms with van der Waals surface area (Å²) in [5.41, 5.74) is 6.38. The molecule has 1 atom stereocenters. The van der Waals surface area contributed by atoms with Crippen LogP contribution in [0, 0.1) is 5.92 Å². The van der Waals surface area contributed by atoms with Gasteiger partial charge >= 0.3 is 0 Å². The van der Waals surface area contributed by atoms with Crippen molar-refractivity contribution in [1.82, 2.24) is 5.32 Å². The van der Waals surface area contributed by atoms with Crippen molar-refractivity contribution in [2.24, 2.45) is 5.92 Å². The van der Waals surface area contributed by atoms with E-state index in [1.165, 1.54) is 28.1 Å². The van der Waals surface area contributed by atoms with Crippen LogP contribution in [0.4, 0.5) is 5.69 Å². The van der Waals surface area contributed by atoms with E-state index < -0.39 is 0 Å². The van der Waals surface area contributed by atoms with Gasteiger partial charge in [-0.3, -0.25) is 0 Å². The smallest absolute Gasteiger partial charge is 0.0452 e. The Labute approximate surface area is 168 Å². The largest absolute Gasteiger partial charge is 0.348 e. The number of hydrogen-bond donors (Lipinski definition) is 1. The highest BCUT2D eigenvalue weighted by molar-refractivity contribution is 6.30. The summed E-state index contributed by atoms with van der Waals surface area (Å²) in [5, 5.41) is 4.18. The summed E-state index contributed by atoms with van der Waals surface area (Å²) in [5.74, 6) is 0.477. The lowest BCUT2D eigenvalue weighted by molar-refractivity contribution is 0.549. The molecule has 0 heterocycles. The summed E-state index contributed by atoms with van der Waals surface area (Å²) in [6, 6.07) is 16.8. The van der Waals surface area contributed by atoms with Crippen molar-refractivity contribution in [2.45, 2.75) is 32.7 Å². The third kappa shape index (κ3) is 4.82. The highest BCUT2D eigenvalue weighted by Crippen LogP contribution is 2.36. The zero-order valence-corrected chi connectivity index (χ0v) is 17.1. The molecule has 0 amide bonds. The van der Waals surface area contributed by atoms with Gasteiger partial charge in [-0.15, -0.1) is 0 Å². The van der Waals surface area contributed by atoms with Gasteiger partial charge in [-0.1, -0.05) is 61.5 Å². The highest BCUT2D eigenvalue weighted by Gasteiger charge is 2.22. The summed E-state index contributed by atoms with van der Waals surface area (Å²) < 4.78 is 0. The molecule has 1 N–H and O–H groups in total. The fraction of sp³-hybridized carbons (Fsp3) is 0.333. The van der Waals surface area contributed by atoms with Crippen LogP contribution in [-0.4, -0.2) is 13.6 Å². The van der Waals surface area contributed by atoms with Gasteiger partial charge in [0.15, 0.2) is 0 Å². The van der Waals surface area contributed by atoms with Crippen LogP contribution in [0.5, 0.6) is 0 Å². The molecule has 1 unspecified atom stereocenters. The summed E-state index contributed by atoms with van der Waals surface area (Å²) in [7, 11) is 2.12. The first-order chi connectivity index (χ1) is 13.1. The van der Waals surface area contributed by atoms with Crippen molar-refractivity contribution in [2.75, 3.05) is 18.5 Å². The topological polar surface area (TPSA) is 15.3 Å². The number of nitrogens with one attached hydrogen (secondary N) is 1. The predicted octanol–water partition coefficient (Wildman–Crippen LogP) is 6.28. The first-order valence-corrected chi connectivity index (χ1v) is 10.1. The van der Waals surface area contributed by atoms with E-state index in [1.54, 1.807) is 0 Å². The van der Waals surface area contributed by atoms with Crippen molar-refractivity contribution < 1.29 is 0 Å². The van der Waals surface area contributed by atoms with Crippen LogP contribution in [0.25, 0.3) is 5.57 Å². The molecule has 142 valence electrons. The summed E-state index contributed by atoms with van der Waals surface area (Å²) in [4.78, 5) is 2.25. The molecule has 0 saturated heterocycles. The molecule has 2 nitrogen and oxygen atoms in total. The van der Waals surface area contributed by atoms with E-state index >= 15 is 0 Å². The molecule has 0 radical (unpaired) electrons. The minimum absolute atomic E-state index is 0.477. The van der Waals surface area contributed by atoms with Crippen LogP contribution in [0.1, 0.15) is 37.3 Å². The predicted molar refractivity (Wildman–Crippen MR) is 118 cm³/mol. The second kappa shape index (κ2) is 9.25. The maximum absolute atomic E-state index is 6.23. The maximum atomic E-state index is 6.23. The van der Waals surface area contributed by atoms with Gasteiger partial charge in [0.05, 0.1) is 0 Å². The Morgan fingerprint density at radius 3 is 2.67 bits per heavy atom. The first kappa shape index (κ1) is 19.7. The van der Waals surface area contributed by atoms with E-state index in [-0.39, 0.29) is 0 Å². The standard InChI is InChI=1S/C24H29ClN2/c1-4-26-17-22-16-23(25)14-15-24(22)27(3)18(2)19-10-12-21(13-11-19)20-8-6-5-7-9-20/h5-9,12,14-16,19,26H,2,4,10-11,13,17H2,1,3H3. The molecular weight excluding hydrogens is 352 g/mol. The zero-order valence-electron chi connectivity index (χ0n) is 16.3. The molecule has 2 aromatic rings. The number of halogens is 1. The van der Waals surface area contributed by atoms with Crippen molar-refractivity contribution in [3.63, 3.8) is 0 Å². The van der Waals surface area contributed by atoms with E-state index in [0.29, 0.717) is 5.92 Å². The minimum atomic E-state index is 0.477. The molecule has 27 heavy (non-hydrogen) atoms. The fourth-order valence-corrected chi connectivity index (χ4v) is 3.96. The first-order valence-electron chi connectivity index (χ1n) is 9.76. The molecule has 1 aliphatic carbocycles. The molecule has 3 rings (SSSR count). The molecule has 0 spiro atoms. The third-order valence-electron chi connectivity index (χ3n) is 5.43. The second-order valence-corrected chi connectivity index (χ2v) is 7.61. The summed E-state index contributed by atoms with van der Waals surface area (Å²) >= 11 is 6.23. The minimum Gasteiger partial charge on any atom is -0.348 e. The van der Waals surface area contributed by atoms with E-state index in [9.17, 15) is 0 Å². The van der Waals surface area contributed by atoms with E-state index in [4.69, 9.17) is 11.6 Å². The Morgan fingerprint density at radius 2 is 2.00 bits per heavy atom. The SMILES string of the molecule is C=C(C1CC=C(c2ccccc2)CC1)N(C)c1ccc(Cl)cc1CNCC. The molecule has 1 aliphatic rings. The number of nitrogens with zero attached hydrogens (tertiary/aromatic N) is 1. The van der Waals surface area contributed by atoms with Crippen molar-refractivity contribution in [3.8, 4) is 0 Å². The van der Waals surface area contributed by atoms with Gasteiger partial charge in [-0.05, 0) is 60.7 Å². The average molecular weight is 381 g/mol. The van der Waals surface area contributed by atoms with E-state index in [0.717, 1.165) is 37.4 Å². The highest BCUT2D eigenvalue weighted by atomic mass is 35.5. The van der Waals surface area contributed by atoms with E-state index in [1.807, 2.05) is 6.07 Å². The summed E-state index contributed by atoms with van der Waals surface area (Å²) in [6.45, 7) is 8.31. The Balaban J connectivity index is 1.72. The van der Waals surface area contributed by atoms with Crippen LogP contribution < -0.4 is 10.2 Å². The zero-order chi connectivity index (χ0) is 19.2. The van der Waals surface area contributed by atoms with Gasteiger partial charge in [0, 0.05) is 35.9 Å². The van der Waals surface area contributed by atoms with Gasteiger partial charge in [-0.2, -0.15) is 0 Å². The number of rotatable bonds is 7. The van der Waals surface area contributed by atoms with Crippen molar-refractivity contribution >= 4 is 22.9 Å². The monoisotopic (exact) mass is 380 g/mol. The molecular formula is C24H29ClN2. The fourth-order valence-electron chi connectivity index (χ4n) is 3.76. The van der Waals surface area contributed by atoms with Crippen LogP contribution in [0.3, 0.4) is 0 Å². The lowest BCUT2D eigenvalue weighted by Gasteiger charge is -2.32. The van der Waals surface area contributed by atoms with Crippen molar-refractivity contribution in [1.29, 1.82) is 0 Å². The number of anilines is 1. The average Bonchev–Trinajstić information content (AvgIpc) is 2.72. The molecule has 0 aromatic heterocycles. The lowest BCUT2D eigenvalue weighted by atomic mass is 9.84. The van der Waals surface area contributed by atoms with Crippen LogP contribution in [0.15, 0.2) is 66.9 Å². The van der Waals surface area contributed by atoms with Gasteiger partial charge in [-0.25, -0.2) is 0 Å². The van der Waals surface area contributed by atoms with Gasteiger partial charge in [0.25, 0.3) is 0 Å². The Bertz CT molecular complexity index is 810. The number of hydrogen-bond acceptors (Lipinski definition) is 2. The molecule has 0 bridgehead atoms. The molecule has 0 aliphatic heterocycles. The van der Waals surface area contributed by atoms with Gasteiger partial charge in [0.2, 0.25) is 0 Å². The molecule has 0 fully saturated rings. The normalized spacial score (nSPS) is 16.7. The Hall–Kier alpha value is -2.03. The Kier molecular flexibility index (Phi) is 6.76. The maximum Gasteiger partial charge on any atom is 0.0452 e. The quantitative estimate of drug-likeness (QED) is 0.607. The van der Waals surface area contributed by atoms with E-state index in [2.05, 4.69) is 79.3 Å². The second-order valence-electron chi connectivity index (χ2n) is 7.17. The molecule has 0 saturated carbocycles. The van der Waals surface area contributed by atoms with Crippen molar-refractivity contribution in [3.05, 3.63) is 83.0 Å². The third-order valence-corrected chi connectivity index (χ3v) is 5.66. The van der Waals surface area contributed by atoms with Gasteiger partial charge < -0.3 is 10.2 Å². The number of allylic oxidation sites excluding steroid dienone is 3. The lowest BCUT2D eigenvalue weighted by Crippen LogP contribution is -2.25. The Morgan fingerprint density at radius 1 is 1.22 bits per heavy atom.